The highest BCUT2D eigenvalue weighted by Gasteiger charge is 2.51. The summed E-state index contributed by atoms with van der Waals surface area (Å²) < 4.78 is 12.9. The Morgan fingerprint density at radius 2 is 1.72 bits per heavy atom. The van der Waals surface area contributed by atoms with Gasteiger partial charge in [-0.2, -0.15) is 0 Å². The summed E-state index contributed by atoms with van der Waals surface area (Å²) in [5.41, 5.74) is -2.17. The van der Waals surface area contributed by atoms with E-state index in [-0.39, 0.29) is 6.61 Å². The van der Waals surface area contributed by atoms with Gasteiger partial charge in [0.05, 0.1) is 12.7 Å². The minimum absolute atomic E-state index is 0.232. The van der Waals surface area contributed by atoms with Gasteiger partial charge in [0, 0.05) is 18.7 Å². The number of rotatable bonds is 6. The van der Waals surface area contributed by atoms with Gasteiger partial charge in [0.25, 0.3) is 5.56 Å². The van der Waals surface area contributed by atoms with Crippen LogP contribution in [0.15, 0.2) is 21.9 Å². The number of hydrogen-bond donors (Lipinski definition) is 3. The molecule has 3 atom stereocenters. The van der Waals surface area contributed by atoms with E-state index in [1.165, 1.54) is 16.8 Å². The topological polar surface area (TPSA) is 114 Å². The number of aliphatic hydroxyl groups is 2. The molecule has 2 heterocycles. The molecule has 29 heavy (non-hydrogen) atoms. The summed E-state index contributed by atoms with van der Waals surface area (Å²) in [4.78, 5) is 25.5. The largest absolute Gasteiger partial charge is 0.394 e. The molecule has 0 radical (unpaired) electrons. The molecular weight excluding hydrogens is 376 g/mol. The standard InChI is InChI=1S/C15H24N2O6.3C2H6/c1-4-15(21,5-2)23-14(3)8-10(9-18)22-12(14)17-7-6-11(19)16-13(17)20;3*1-2/h6-7,10,12,18,21H,4-5,8-9H2,1-3H3,(H,16,19,20);3*1-2H3. The average Bonchev–Trinajstić information content (AvgIpc) is 3.08. The molecule has 8 heteroatoms. The van der Waals surface area contributed by atoms with E-state index >= 15 is 0 Å². The van der Waals surface area contributed by atoms with Gasteiger partial charge >= 0.3 is 5.69 Å². The molecule has 1 aromatic rings. The van der Waals surface area contributed by atoms with E-state index in [1.54, 1.807) is 20.8 Å². The maximum atomic E-state index is 12.1. The van der Waals surface area contributed by atoms with Gasteiger partial charge in [-0.05, 0) is 19.8 Å². The van der Waals surface area contributed by atoms with Crippen molar-refractivity contribution in [3.63, 3.8) is 0 Å². The van der Waals surface area contributed by atoms with Crippen molar-refractivity contribution in [2.24, 2.45) is 0 Å². The van der Waals surface area contributed by atoms with Gasteiger partial charge in [0.2, 0.25) is 0 Å². The molecule has 1 aromatic heterocycles. The second-order valence-electron chi connectivity index (χ2n) is 6.08. The van der Waals surface area contributed by atoms with Crippen molar-refractivity contribution in [1.29, 1.82) is 0 Å². The van der Waals surface area contributed by atoms with E-state index in [0.29, 0.717) is 19.3 Å². The van der Waals surface area contributed by atoms with Crippen molar-refractivity contribution in [3.05, 3.63) is 33.1 Å². The summed E-state index contributed by atoms with van der Waals surface area (Å²) >= 11 is 0. The number of ether oxygens (including phenoxy) is 2. The van der Waals surface area contributed by atoms with Crippen LogP contribution in [0.3, 0.4) is 0 Å². The monoisotopic (exact) mass is 418 g/mol. The zero-order valence-corrected chi connectivity index (χ0v) is 19.6. The third kappa shape index (κ3) is 8.04. The highest BCUT2D eigenvalue weighted by molar-refractivity contribution is 4.97. The number of H-pyrrole nitrogens is 1. The van der Waals surface area contributed by atoms with Crippen LogP contribution in [0.4, 0.5) is 0 Å². The predicted octanol–water partition coefficient (Wildman–Crippen LogP) is 3.18. The molecule has 1 fully saturated rings. The molecule has 3 unspecified atom stereocenters. The molecule has 0 bridgehead atoms. The second-order valence-corrected chi connectivity index (χ2v) is 6.08. The minimum atomic E-state index is -1.35. The lowest BCUT2D eigenvalue weighted by molar-refractivity contribution is -0.283. The maximum Gasteiger partial charge on any atom is 0.330 e. The van der Waals surface area contributed by atoms with Gasteiger partial charge < -0.3 is 19.7 Å². The number of nitrogens with one attached hydrogen (secondary N) is 1. The molecule has 0 aliphatic carbocycles. The maximum absolute atomic E-state index is 12.1. The molecule has 1 aliphatic rings. The van der Waals surface area contributed by atoms with Crippen LogP contribution in [-0.4, -0.2) is 43.9 Å². The Labute approximate surface area is 174 Å². The van der Waals surface area contributed by atoms with Crippen LogP contribution in [0, 0.1) is 0 Å². The summed E-state index contributed by atoms with van der Waals surface area (Å²) in [6.45, 7) is 17.1. The second kappa shape index (κ2) is 14.5. The molecule has 0 amide bonds. The first-order valence-corrected chi connectivity index (χ1v) is 10.8. The molecule has 3 N–H and O–H groups in total. The summed E-state index contributed by atoms with van der Waals surface area (Å²) in [5, 5.41) is 19.9. The third-order valence-electron chi connectivity index (χ3n) is 4.31. The molecule has 172 valence electrons. The van der Waals surface area contributed by atoms with Gasteiger partial charge in [-0.1, -0.05) is 55.4 Å². The highest BCUT2D eigenvalue weighted by Crippen LogP contribution is 2.43. The average molecular weight is 419 g/mol. The molecule has 0 spiro atoms. The Hall–Kier alpha value is -1.48. The smallest absolute Gasteiger partial charge is 0.330 e. The lowest BCUT2D eigenvalue weighted by atomic mass is 9.98. The Balaban J connectivity index is 0. The molecular formula is C21H42N2O6. The van der Waals surface area contributed by atoms with Crippen LogP contribution < -0.4 is 11.2 Å². The van der Waals surface area contributed by atoms with Crippen LogP contribution in [0.5, 0.6) is 0 Å². The van der Waals surface area contributed by atoms with E-state index in [1.807, 2.05) is 41.5 Å². The van der Waals surface area contributed by atoms with Crippen molar-refractivity contribution in [2.75, 3.05) is 6.61 Å². The lowest BCUT2D eigenvalue weighted by Gasteiger charge is -2.38. The Morgan fingerprint density at radius 3 is 2.14 bits per heavy atom. The zero-order chi connectivity index (χ0) is 23.3. The van der Waals surface area contributed by atoms with E-state index in [9.17, 15) is 19.8 Å². The molecule has 1 aliphatic heterocycles. The van der Waals surface area contributed by atoms with Gasteiger partial charge in [0.1, 0.15) is 5.60 Å². The summed E-state index contributed by atoms with van der Waals surface area (Å²) in [6.07, 6.45) is 0.980. The normalized spacial score (nSPS) is 23.0. The predicted molar refractivity (Wildman–Crippen MR) is 116 cm³/mol. The van der Waals surface area contributed by atoms with Crippen molar-refractivity contribution in [2.45, 2.75) is 105 Å². The first kappa shape index (κ1) is 29.7. The van der Waals surface area contributed by atoms with Gasteiger partial charge in [-0.15, -0.1) is 0 Å². The quantitative estimate of drug-likeness (QED) is 0.612. The van der Waals surface area contributed by atoms with Crippen LogP contribution in [0.2, 0.25) is 0 Å². The van der Waals surface area contributed by atoms with Gasteiger partial charge in [-0.3, -0.25) is 14.3 Å². The number of hydrogen-bond acceptors (Lipinski definition) is 6. The lowest BCUT2D eigenvalue weighted by Crippen LogP contribution is -2.48. The van der Waals surface area contributed by atoms with Crippen LogP contribution in [0.25, 0.3) is 0 Å². The number of aromatic nitrogens is 2. The Bertz CT molecular complexity index is 653. The van der Waals surface area contributed by atoms with Crippen molar-refractivity contribution in [1.82, 2.24) is 9.55 Å². The van der Waals surface area contributed by atoms with Crippen molar-refractivity contribution >= 4 is 0 Å². The van der Waals surface area contributed by atoms with Gasteiger partial charge in [0.15, 0.2) is 12.0 Å². The van der Waals surface area contributed by atoms with Crippen LogP contribution >= 0.6 is 0 Å². The van der Waals surface area contributed by atoms with E-state index < -0.39 is 35.0 Å². The summed E-state index contributed by atoms with van der Waals surface area (Å²) in [5.74, 6) is -1.35. The third-order valence-corrected chi connectivity index (χ3v) is 4.31. The highest BCUT2D eigenvalue weighted by atomic mass is 16.7. The summed E-state index contributed by atoms with van der Waals surface area (Å²) in [6, 6.07) is 1.21. The van der Waals surface area contributed by atoms with Crippen LogP contribution in [-0.2, 0) is 9.47 Å². The zero-order valence-electron chi connectivity index (χ0n) is 19.6. The van der Waals surface area contributed by atoms with Crippen LogP contribution in [0.1, 0.15) is 87.8 Å². The molecule has 2 rings (SSSR count). The number of aromatic amines is 1. The summed E-state index contributed by atoms with van der Waals surface area (Å²) in [7, 11) is 0. The van der Waals surface area contributed by atoms with E-state index in [2.05, 4.69) is 4.98 Å². The minimum Gasteiger partial charge on any atom is -0.394 e. The first-order chi connectivity index (χ1) is 13.8. The Morgan fingerprint density at radius 1 is 1.21 bits per heavy atom. The fourth-order valence-electron chi connectivity index (χ4n) is 2.93. The number of aliphatic hydroxyl groups excluding tert-OH is 1. The fraction of sp³-hybridized carbons (Fsp3) is 0.810. The first-order valence-electron chi connectivity index (χ1n) is 10.8. The molecule has 1 saturated heterocycles. The van der Waals surface area contributed by atoms with E-state index in [4.69, 9.17) is 9.47 Å². The van der Waals surface area contributed by atoms with E-state index in [0.717, 1.165) is 0 Å². The SMILES string of the molecule is CC.CC.CC.CCC(O)(CC)OC1(C)CC(CO)OC1n1ccc(=O)[nH]c1=O. The van der Waals surface area contributed by atoms with Crippen molar-refractivity contribution in [3.8, 4) is 0 Å². The fourth-order valence-corrected chi connectivity index (χ4v) is 2.93. The van der Waals surface area contributed by atoms with Gasteiger partial charge in [-0.25, -0.2) is 4.79 Å². The number of nitrogens with zero attached hydrogens (tertiary/aromatic N) is 1. The van der Waals surface area contributed by atoms with Crippen molar-refractivity contribution < 1.29 is 19.7 Å². The molecule has 0 saturated carbocycles. The molecule has 8 nitrogen and oxygen atoms in total. The Kier molecular flexibility index (Phi) is 14.9. The molecule has 0 aromatic carbocycles.